The minimum absolute atomic E-state index is 0.00520. The Kier molecular flexibility index (Phi) is 5.30. The average Bonchev–Trinajstić information content (AvgIpc) is 2.32. The SMILES string of the molecule is COC(=O)CCNS(=O)(=O)c1ccc(Br)c(C)c1. The van der Waals surface area contributed by atoms with Crippen LogP contribution in [0.3, 0.4) is 0 Å². The maximum atomic E-state index is 11.9. The molecule has 100 valence electrons. The second kappa shape index (κ2) is 6.31. The number of carbonyl (C=O) groups excluding carboxylic acids is 1. The standard InChI is InChI=1S/C11H14BrNO4S/c1-8-7-9(3-4-10(8)12)18(15,16)13-6-5-11(14)17-2/h3-4,7,13H,5-6H2,1-2H3. The van der Waals surface area contributed by atoms with Crippen molar-refractivity contribution in [2.45, 2.75) is 18.2 Å². The molecular weight excluding hydrogens is 322 g/mol. The van der Waals surface area contributed by atoms with Crippen LogP contribution in [0, 0.1) is 6.92 Å². The highest BCUT2D eigenvalue weighted by Gasteiger charge is 2.14. The van der Waals surface area contributed by atoms with Gasteiger partial charge in [0.2, 0.25) is 10.0 Å². The Hall–Kier alpha value is -0.920. The first kappa shape index (κ1) is 15.1. The van der Waals surface area contributed by atoms with Crippen LogP contribution < -0.4 is 4.72 Å². The summed E-state index contributed by atoms with van der Waals surface area (Å²) in [6.45, 7) is 1.82. The van der Waals surface area contributed by atoms with Crippen molar-refractivity contribution in [2.75, 3.05) is 13.7 Å². The second-order valence-electron chi connectivity index (χ2n) is 3.63. The van der Waals surface area contributed by atoms with Crippen LogP contribution in [0.1, 0.15) is 12.0 Å². The largest absolute Gasteiger partial charge is 0.469 e. The lowest BCUT2D eigenvalue weighted by Crippen LogP contribution is -2.26. The molecule has 0 saturated heterocycles. The summed E-state index contributed by atoms with van der Waals surface area (Å²) in [5.74, 6) is -0.454. The third kappa shape index (κ3) is 4.08. The van der Waals surface area contributed by atoms with Crippen molar-refractivity contribution < 1.29 is 17.9 Å². The van der Waals surface area contributed by atoms with E-state index < -0.39 is 16.0 Å². The number of hydrogen-bond acceptors (Lipinski definition) is 4. The molecule has 0 heterocycles. The average molecular weight is 336 g/mol. The highest BCUT2D eigenvalue weighted by molar-refractivity contribution is 9.10. The van der Waals surface area contributed by atoms with Gasteiger partial charge in [-0.2, -0.15) is 0 Å². The predicted molar refractivity (Wildman–Crippen MR) is 70.7 cm³/mol. The molecule has 1 rings (SSSR count). The number of halogens is 1. The van der Waals surface area contributed by atoms with E-state index in [-0.39, 0.29) is 17.9 Å². The Labute approximate surface area is 115 Å². The van der Waals surface area contributed by atoms with Gasteiger partial charge in [-0.25, -0.2) is 13.1 Å². The van der Waals surface area contributed by atoms with Crippen LogP contribution in [0.4, 0.5) is 0 Å². The van der Waals surface area contributed by atoms with Crippen LogP contribution in [0.15, 0.2) is 27.6 Å². The smallest absolute Gasteiger partial charge is 0.306 e. The summed E-state index contributed by atoms with van der Waals surface area (Å²) in [4.78, 5) is 11.0. The van der Waals surface area contributed by atoms with Crippen molar-refractivity contribution >= 4 is 31.9 Å². The third-order valence-corrected chi connectivity index (χ3v) is 4.64. The molecule has 0 spiro atoms. The van der Waals surface area contributed by atoms with E-state index in [1.807, 2.05) is 0 Å². The Morgan fingerprint density at radius 3 is 2.67 bits per heavy atom. The number of methoxy groups -OCH3 is 1. The Morgan fingerprint density at radius 2 is 2.11 bits per heavy atom. The first-order chi connectivity index (χ1) is 8.36. The molecular formula is C11H14BrNO4S. The molecule has 0 bridgehead atoms. The molecule has 0 aliphatic heterocycles. The van der Waals surface area contributed by atoms with E-state index in [1.165, 1.54) is 13.2 Å². The zero-order chi connectivity index (χ0) is 13.8. The summed E-state index contributed by atoms with van der Waals surface area (Å²) in [6, 6.07) is 4.73. The van der Waals surface area contributed by atoms with E-state index in [1.54, 1.807) is 19.1 Å². The molecule has 0 aliphatic carbocycles. The van der Waals surface area contributed by atoms with Crippen molar-refractivity contribution in [1.82, 2.24) is 4.72 Å². The summed E-state index contributed by atoms with van der Waals surface area (Å²) in [7, 11) is -2.32. The van der Waals surface area contributed by atoms with E-state index in [0.29, 0.717) is 0 Å². The molecule has 0 aliphatic rings. The summed E-state index contributed by atoms with van der Waals surface area (Å²) in [6.07, 6.45) is 0.00520. The number of esters is 1. The van der Waals surface area contributed by atoms with E-state index in [0.717, 1.165) is 10.0 Å². The van der Waals surface area contributed by atoms with E-state index in [9.17, 15) is 13.2 Å². The van der Waals surface area contributed by atoms with Crippen LogP contribution in [-0.2, 0) is 19.6 Å². The van der Waals surface area contributed by atoms with E-state index >= 15 is 0 Å². The molecule has 0 fully saturated rings. The quantitative estimate of drug-likeness (QED) is 0.829. The predicted octanol–water partition coefficient (Wildman–Crippen LogP) is 1.60. The molecule has 0 amide bonds. The fourth-order valence-corrected chi connectivity index (χ4v) is 2.62. The molecule has 0 saturated carbocycles. The summed E-state index contributed by atoms with van der Waals surface area (Å²) >= 11 is 3.30. The molecule has 0 radical (unpaired) electrons. The highest BCUT2D eigenvalue weighted by Crippen LogP contribution is 2.19. The van der Waals surface area contributed by atoms with E-state index in [4.69, 9.17) is 0 Å². The van der Waals surface area contributed by atoms with Gasteiger partial charge < -0.3 is 4.74 Å². The van der Waals surface area contributed by atoms with Crippen molar-refractivity contribution in [2.24, 2.45) is 0 Å². The molecule has 5 nitrogen and oxygen atoms in total. The van der Waals surface area contributed by atoms with Crippen molar-refractivity contribution in [3.8, 4) is 0 Å². The number of hydrogen-bond donors (Lipinski definition) is 1. The van der Waals surface area contributed by atoms with Gasteiger partial charge in [-0.3, -0.25) is 4.79 Å². The number of ether oxygens (including phenoxy) is 1. The normalized spacial score (nSPS) is 11.3. The van der Waals surface area contributed by atoms with Crippen LogP contribution in [0.2, 0.25) is 0 Å². The Bertz CT molecular complexity index is 542. The topological polar surface area (TPSA) is 72.5 Å². The molecule has 0 atom stereocenters. The number of rotatable bonds is 5. The molecule has 18 heavy (non-hydrogen) atoms. The summed E-state index contributed by atoms with van der Waals surface area (Å²) in [5.41, 5.74) is 0.825. The molecule has 0 unspecified atom stereocenters. The number of sulfonamides is 1. The fourth-order valence-electron chi connectivity index (χ4n) is 1.26. The minimum Gasteiger partial charge on any atom is -0.469 e. The molecule has 1 N–H and O–H groups in total. The first-order valence-electron chi connectivity index (χ1n) is 5.19. The first-order valence-corrected chi connectivity index (χ1v) is 7.47. The monoisotopic (exact) mass is 335 g/mol. The maximum Gasteiger partial charge on any atom is 0.306 e. The van der Waals surface area contributed by atoms with Gasteiger partial charge in [0.15, 0.2) is 0 Å². The van der Waals surface area contributed by atoms with Gasteiger partial charge in [0, 0.05) is 11.0 Å². The zero-order valence-corrected chi connectivity index (χ0v) is 12.5. The lowest BCUT2D eigenvalue weighted by atomic mass is 10.2. The zero-order valence-electron chi connectivity index (χ0n) is 10.1. The van der Waals surface area contributed by atoms with Gasteiger partial charge >= 0.3 is 5.97 Å². The maximum absolute atomic E-state index is 11.9. The van der Waals surface area contributed by atoms with Gasteiger partial charge in [-0.15, -0.1) is 0 Å². The van der Waals surface area contributed by atoms with Gasteiger partial charge in [0.25, 0.3) is 0 Å². The van der Waals surface area contributed by atoms with Crippen LogP contribution in [0.25, 0.3) is 0 Å². The van der Waals surface area contributed by atoms with Crippen molar-refractivity contribution in [3.63, 3.8) is 0 Å². The minimum atomic E-state index is -3.58. The van der Waals surface area contributed by atoms with Crippen molar-refractivity contribution in [3.05, 3.63) is 28.2 Å². The van der Waals surface area contributed by atoms with Crippen LogP contribution in [0.5, 0.6) is 0 Å². The second-order valence-corrected chi connectivity index (χ2v) is 6.26. The third-order valence-electron chi connectivity index (χ3n) is 2.29. The molecule has 1 aromatic rings. The van der Waals surface area contributed by atoms with Gasteiger partial charge in [-0.05, 0) is 30.7 Å². The highest BCUT2D eigenvalue weighted by atomic mass is 79.9. The van der Waals surface area contributed by atoms with Gasteiger partial charge in [0.05, 0.1) is 18.4 Å². The summed E-state index contributed by atoms with van der Waals surface area (Å²) < 4.78 is 31.4. The molecule has 1 aromatic carbocycles. The Morgan fingerprint density at radius 1 is 1.44 bits per heavy atom. The lowest BCUT2D eigenvalue weighted by molar-refractivity contribution is -0.140. The Balaban J connectivity index is 2.74. The van der Waals surface area contributed by atoms with Gasteiger partial charge in [0.1, 0.15) is 0 Å². The molecule has 0 aromatic heterocycles. The fraction of sp³-hybridized carbons (Fsp3) is 0.364. The van der Waals surface area contributed by atoms with E-state index in [2.05, 4.69) is 25.4 Å². The van der Waals surface area contributed by atoms with Crippen molar-refractivity contribution in [1.29, 1.82) is 0 Å². The number of nitrogens with one attached hydrogen (secondary N) is 1. The summed E-state index contributed by atoms with van der Waals surface area (Å²) in [5, 5.41) is 0. The van der Waals surface area contributed by atoms with Crippen LogP contribution in [-0.4, -0.2) is 28.0 Å². The lowest BCUT2D eigenvalue weighted by Gasteiger charge is -2.07. The number of benzene rings is 1. The van der Waals surface area contributed by atoms with Crippen LogP contribution >= 0.6 is 15.9 Å². The molecule has 7 heteroatoms. The number of carbonyl (C=O) groups is 1. The van der Waals surface area contributed by atoms with Gasteiger partial charge in [-0.1, -0.05) is 15.9 Å². The number of aryl methyl sites for hydroxylation is 1.